The molecule has 0 aliphatic rings. The molecule has 4 aromatic rings. The molecule has 0 heterocycles. The Morgan fingerprint density at radius 3 is 1.90 bits per heavy atom. The van der Waals surface area contributed by atoms with E-state index in [0.29, 0.717) is 42.4 Å². The van der Waals surface area contributed by atoms with Gasteiger partial charge >= 0.3 is 12.1 Å². The molecule has 4 aromatic carbocycles. The van der Waals surface area contributed by atoms with Crippen molar-refractivity contribution in [3.63, 3.8) is 0 Å². The third kappa shape index (κ3) is 8.57. The summed E-state index contributed by atoms with van der Waals surface area (Å²) < 4.78 is 51.8. The van der Waals surface area contributed by atoms with Crippen LogP contribution in [0.4, 0.5) is 13.2 Å². The Bertz CT molecular complexity index is 1480. The van der Waals surface area contributed by atoms with Crippen LogP contribution < -0.4 is 15.2 Å². The maximum absolute atomic E-state index is 13.2. The molecule has 0 spiro atoms. The number of carbonyl (C=O) groups is 1. The Balaban J connectivity index is 1.59. The topological polar surface area (TPSA) is 85.0 Å². The van der Waals surface area contributed by atoms with Crippen LogP contribution in [0.3, 0.4) is 0 Å². The monoisotopic (exact) mass is 564 g/mol. The van der Waals surface area contributed by atoms with Gasteiger partial charge in [0, 0.05) is 30.8 Å². The van der Waals surface area contributed by atoms with Gasteiger partial charge < -0.3 is 20.3 Å². The van der Waals surface area contributed by atoms with Gasteiger partial charge in [0.05, 0.1) is 5.56 Å². The molecular formula is C32H31F3N2O4. The van der Waals surface area contributed by atoms with E-state index in [0.717, 1.165) is 23.3 Å². The summed E-state index contributed by atoms with van der Waals surface area (Å²) in [5.74, 6) is 0.699. The second kappa shape index (κ2) is 13.3. The van der Waals surface area contributed by atoms with Gasteiger partial charge in [-0.3, -0.25) is 9.69 Å². The molecule has 4 rings (SSSR count). The van der Waals surface area contributed by atoms with Crippen molar-refractivity contribution in [3.8, 4) is 23.0 Å². The lowest BCUT2D eigenvalue weighted by molar-refractivity contribution is -0.139. The number of carboxylic acid groups (broad SMARTS) is 1. The average Bonchev–Trinajstić information content (AvgIpc) is 2.93. The first kappa shape index (κ1) is 29.6. The van der Waals surface area contributed by atoms with Gasteiger partial charge in [-0.2, -0.15) is 13.2 Å². The van der Waals surface area contributed by atoms with Crippen molar-refractivity contribution in [2.75, 3.05) is 6.54 Å². The first-order chi connectivity index (χ1) is 19.6. The minimum absolute atomic E-state index is 0.0589. The number of para-hydroxylation sites is 2. The van der Waals surface area contributed by atoms with E-state index in [4.69, 9.17) is 15.2 Å². The van der Waals surface area contributed by atoms with Crippen LogP contribution in [0.2, 0.25) is 0 Å². The second-order valence-corrected chi connectivity index (χ2v) is 9.71. The van der Waals surface area contributed by atoms with E-state index in [-0.39, 0.29) is 12.2 Å². The molecule has 0 saturated heterocycles. The number of aryl methyl sites for hydroxylation is 1. The number of hydrogen-bond acceptors (Lipinski definition) is 5. The van der Waals surface area contributed by atoms with E-state index < -0.39 is 23.8 Å². The number of benzene rings is 4. The van der Waals surface area contributed by atoms with Gasteiger partial charge in [0.1, 0.15) is 29.0 Å². The fourth-order valence-corrected chi connectivity index (χ4v) is 4.28. The molecule has 1 atom stereocenters. The van der Waals surface area contributed by atoms with Crippen LogP contribution in [0.25, 0.3) is 0 Å². The van der Waals surface area contributed by atoms with Crippen molar-refractivity contribution in [3.05, 3.63) is 119 Å². The fraction of sp³-hybridized carbons (Fsp3) is 0.219. The highest BCUT2D eigenvalue weighted by Crippen LogP contribution is 2.34. The van der Waals surface area contributed by atoms with Crippen molar-refractivity contribution in [2.45, 2.75) is 38.7 Å². The number of hydrogen-bond donors (Lipinski definition) is 2. The molecule has 3 N–H and O–H groups in total. The number of rotatable bonds is 12. The minimum Gasteiger partial charge on any atom is -0.480 e. The number of halogens is 3. The Labute approximate surface area is 236 Å². The summed E-state index contributed by atoms with van der Waals surface area (Å²) in [5.41, 5.74) is 7.65. The molecule has 9 heteroatoms. The van der Waals surface area contributed by atoms with Gasteiger partial charge in [-0.05, 0) is 61.4 Å². The maximum Gasteiger partial charge on any atom is 0.416 e. The lowest BCUT2D eigenvalue weighted by atomic mass is 10.1. The Morgan fingerprint density at radius 1 is 0.829 bits per heavy atom. The molecule has 0 aliphatic heterocycles. The summed E-state index contributed by atoms with van der Waals surface area (Å²) in [4.78, 5) is 13.4. The zero-order chi connectivity index (χ0) is 29.4. The molecule has 0 aliphatic carbocycles. The summed E-state index contributed by atoms with van der Waals surface area (Å²) in [6, 6.07) is 26.0. The van der Waals surface area contributed by atoms with Gasteiger partial charge in [-0.25, -0.2) is 0 Å². The van der Waals surface area contributed by atoms with Gasteiger partial charge in [-0.1, -0.05) is 54.6 Å². The summed E-state index contributed by atoms with van der Waals surface area (Å²) in [6.45, 7) is 3.03. The maximum atomic E-state index is 13.2. The number of nitrogens with two attached hydrogens (primary N) is 1. The highest BCUT2D eigenvalue weighted by Gasteiger charge is 2.30. The predicted molar refractivity (Wildman–Crippen MR) is 150 cm³/mol. The van der Waals surface area contributed by atoms with Crippen molar-refractivity contribution < 1.29 is 32.5 Å². The first-order valence-corrected chi connectivity index (χ1v) is 13.0. The molecule has 41 heavy (non-hydrogen) atoms. The molecule has 0 saturated carbocycles. The second-order valence-electron chi connectivity index (χ2n) is 9.71. The van der Waals surface area contributed by atoms with E-state index in [1.54, 1.807) is 12.1 Å². The molecule has 0 aromatic heterocycles. The van der Waals surface area contributed by atoms with Gasteiger partial charge in [0.2, 0.25) is 0 Å². The minimum atomic E-state index is -4.49. The number of ether oxygens (including phenoxy) is 2. The van der Waals surface area contributed by atoms with Crippen LogP contribution in [0.5, 0.6) is 23.0 Å². The zero-order valence-electron chi connectivity index (χ0n) is 22.5. The normalized spacial score (nSPS) is 12.2. The molecular weight excluding hydrogens is 533 g/mol. The number of nitrogens with zero attached hydrogens (tertiary/aromatic N) is 1. The highest BCUT2D eigenvalue weighted by molar-refractivity contribution is 5.73. The van der Waals surface area contributed by atoms with Crippen LogP contribution in [-0.2, 0) is 24.1 Å². The third-order valence-corrected chi connectivity index (χ3v) is 6.41. The van der Waals surface area contributed by atoms with Crippen molar-refractivity contribution >= 4 is 5.97 Å². The quantitative estimate of drug-likeness (QED) is 0.187. The van der Waals surface area contributed by atoms with Gasteiger partial charge in [0.25, 0.3) is 0 Å². The van der Waals surface area contributed by atoms with Crippen molar-refractivity contribution in [1.29, 1.82) is 0 Å². The van der Waals surface area contributed by atoms with E-state index in [1.165, 1.54) is 12.1 Å². The fourth-order valence-electron chi connectivity index (χ4n) is 4.28. The Kier molecular flexibility index (Phi) is 9.65. The molecule has 214 valence electrons. The molecule has 0 bridgehead atoms. The smallest absolute Gasteiger partial charge is 0.416 e. The molecule has 0 radical (unpaired) electrons. The van der Waals surface area contributed by atoms with Crippen LogP contribution in [0, 0.1) is 6.92 Å². The number of carboxylic acids is 1. The largest absolute Gasteiger partial charge is 0.480 e. The lowest BCUT2D eigenvalue weighted by Crippen LogP contribution is -2.35. The van der Waals surface area contributed by atoms with Gasteiger partial charge in [-0.15, -0.1) is 0 Å². The summed E-state index contributed by atoms with van der Waals surface area (Å²) >= 11 is 0. The molecule has 6 nitrogen and oxygen atoms in total. The zero-order valence-corrected chi connectivity index (χ0v) is 22.5. The van der Waals surface area contributed by atoms with Crippen molar-refractivity contribution in [1.82, 2.24) is 4.90 Å². The predicted octanol–water partition coefficient (Wildman–Crippen LogP) is 7.40. The third-order valence-electron chi connectivity index (χ3n) is 6.41. The number of alkyl halides is 3. The lowest BCUT2D eigenvalue weighted by Gasteiger charge is -2.25. The standard InChI is InChI=1S/C32H31F3N2O4/c1-22-8-6-12-26(18-22)40-29-14-4-2-9-23(29)20-37(17-16-28(36)31(38)39)21-24-10-3-5-15-30(24)41-27-13-7-11-25(19-27)32(33,34)35/h2-15,18-19,28H,16-17,20-21,36H2,1H3,(H,38,39)/t28-/m0/s1. The molecule has 0 fully saturated rings. The summed E-state index contributed by atoms with van der Waals surface area (Å²) in [5, 5.41) is 9.33. The summed E-state index contributed by atoms with van der Waals surface area (Å²) in [6.07, 6.45) is -4.31. The van der Waals surface area contributed by atoms with Crippen LogP contribution in [0.15, 0.2) is 97.1 Å². The Hall–Kier alpha value is -4.34. The van der Waals surface area contributed by atoms with E-state index in [2.05, 4.69) is 0 Å². The van der Waals surface area contributed by atoms with Crippen LogP contribution >= 0.6 is 0 Å². The Morgan fingerprint density at radius 2 is 1.37 bits per heavy atom. The number of aliphatic carboxylic acids is 1. The molecule has 0 unspecified atom stereocenters. The van der Waals surface area contributed by atoms with Crippen molar-refractivity contribution in [2.24, 2.45) is 5.73 Å². The first-order valence-electron chi connectivity index (χ1n) is 13.0. The van der Waals surface area contributed by atoms with E-state index in [9.17, 15) is 23.1 Å². The highest BCUT2D eigenvalue weighted by atomic mass is 19.4. The van der Waals surface area contributed by atoms with Gasteiger partial charge in [0.15, 0.2) is 0 Å². The molecule has 0 amide bonds. The SMILES string of the molecule is Cc1cccc(Oc2ccccc2CN(CC[C@H](N)C(=O)O)Cc2ccccc2Oc2cccc(C(F)(F)F)c2)c1. The van der Waals surface area contributed by atoms with Crippen LogP contribution in [0.1, 0.15) is 28.7 Å². The van der Waals surface area contributed by atoms with E-state index >= 15 is 0 Å². The summed E-state index contributed by atoms with van der Waals surface area (Å²) in [7, 11) is 0. The average molecular weight is 565 g/mol. The van der Waals surface area contributed by atoms with E-state index in [1.807, 2.05) is 72.5 Å². The van der Waals surface area contributed by atoms with Crippen LogP contribution in [-0.4, -0.2) is 28.6 Å².